The van der Waals surface area contributed by atoms with E-state index < -0.39 is 17.5 Å². The summed E-state index contributed by atoms with van der Waals surface area (Å²) in [6, 6.07) is 13.2. The van der Waals surface area contributed by atoms with Gasteiger partial charge in [-0.25, -0.2) is 0 Å². The van der Waals surface area contributed by atoms with Crippen molar-refractivity contribution in [1.82, 2.24) is 4.90 Å². The van der Waals surface area contributed by atoms with Crippen LogP contribution in [0.5, 0.6) is 5.75 Å². The molecule has 28 heavy (non-hydrogen) atoms. The first-order valence-corrected chi connectivity index (χ1v) is 8.92. The highest BCUT2D eigenvalue weighted by Gasteiger charge is 2.68. The summed E-state index contributed by atoms with van der Waals surface area (Å²) >= 11 is 0. The molecular weight excluding hydrogens is 358 g/mol. The zero-order valence-electron chi connectivity index (χ0n) is 15.3. The van der Waals surface area contributed by atoms with E-state index >= 15 is 0 Å². The van der Waals surface area contributed by atoms with E-state index in [0.717, 1.165) is 5.56 Å². The third-order valence-corrected chi connectivity index (χ3v) is 5.67. The van der Waals surface area contributed by atoms with Crippen LogP contribution < -0.4 is 10.1 Å². The van der Waals surface area contributed by atoms with Gasteiger partial charge < -0.3 is 10.1 Å². The Morgan fingerprint density at radius 1 is 1.32 bits per heavy atom. The van der Waals surface area contributed by atoms with Crippen molar-refractivity contribution in [3.63, 3.8) is 0 Å². The standard InChI is InChI=1S/C21H19N3O4/c1-3-12-28-15-10-8-14(9-11-15)16-13-23(2)21(19(16)24(26)27)17-6-4-5-7-18(17)22-20(21)25/h1,4-11,16,19H,12-13H2,2H3,(H,22,25)/t16-,19-,21+/m0/s1. The molecule has 1 saturated heterocycles. The van der Waals surface area contributed by atoms with Gasteiger partial charge in [0.25, 0.3) is 11.9 Å². The van der Waals surface area contributed by atoms with Crippen LogP contribution in [0.25, 0.3) is 0 Å². The number of ether oxygens (including phenoxy) is 1. The lowest BCUT2D eigenvalue weighted by Gasteiger charge is -2.30. The fourth-order valence-corrected chi connectivity index (χ4v) is 4.52. The van der Waals surface area contributed by atoms with Crippen LogP contribution in [0, 0.1) is 22.5 Å². The molecule has 0 unspecified atom stereocenters. The van der Waals surface area contributed by atoms with Crippen LogP contribution in [0.15, 0.2) is 48.5 Å². The first-order valence-electron chi connectivity index (χ1n) is 8.92. The van der Waals surface area contributed by atoms with Crippen molar-refractivity contribution in [2.75, 3.05) is 25.5 Å². The summed E-state index contributed by atoms with van der Waals surface area (Å²) in [4.78, 5) is 26.7. The van der Waals surface area contributed by atoms with Gasteiger partial charge in [0.15, 0.2) is 5.54 Å². The predicted octanol–water partition coefficient (Wildman–Crippen LogP) is 2.22. The third kappa shape index (κ3) is 2.46. The van der Waals surface area contributed by atoms with Gasteiger partial charge >= 0.3 is 0 Å². The van der Waals surface area contributed by atoms with Crippen LogP contribution >= 0.6 is 0 Å². The van der Waals surface area contributed by atoms with Crippen LogP contribution in [0.3, 0.4) is 0 Å². The number of likely N-dealkylation sites (N-methyl/N-ethyl adjacent to an activating group) is 1. The lowest BCUT2D eigenvalue weighted by Crippen LogP contribution is -2.54. The number of carbonyl (C=O) groups excluding carboxylic acids is 1. The quantitative estimate of drug-likeness (QED) is 0.502. The molecule has 7 nitrogen and oxygen atoms in total. The maximum atomic E-state index is 13.0. The summed E-state index contributed by atoms with van der Waals surface area (Å²) in [7, 11) is 1.77. The summed E-state index contributed by atoms with van der Waals surface area (Å²) < 4.78 is 5.38. The van der Waals surface area contributed by atoms with Crippen molar-refractivity contribution in [1.29, 1.82) is 0 Å². The number of likely N-dealkylation sites (tertiary alicyclic amines) is 1. The number of hydrogen-bond donors (Lipinski definition) is 1. The molecule has 1 amide bonds. The summed E-state index contributed by atoms with van der Waals surface area (Å²) in [5.41, 5.74) is 0.741. The van der Waals surface area contributed by atoms with Gasteiger partial charge in [0.1, 0.15) is 12.4 Å². The number of nitrogens with one attached hydrogen (secondary N) is 1. The van der Waals surface area contributed by atoms with Crippen molar-refractivity contribution in [2.24, 2.45) is 0 Å². The molecule has 2 heterocycles. The Labute approximate surface area is 162 Å². The molecule has 142 valence electrons. The smallest absolute Gasteiger partial charge is 0.256 e. The monoisotopic (exact) mass is 377 g/mol. The summed E-state index contributed by atoms with van der Waals surface area (Å²) in [6.45, 7) is 0.543. The molecular formula is C21H19N3O4. The number of nitrogens with zero attached hydrogens (tertiary/aromatic N) is 2. The van der Waals surface area contributed by atoms with Crippen molar-refractivity contribution in [3.8, 4) is 18.1 Å². The molecule has 2 aliphatic rings. The van der Waals surface area contributed by atoms with E-state index in [2.05, 4.69) is 11.2 Å². The number of anilines is 1. The molecule has 2 aromatic rings. The Bertz CT molecular complexity index is 982. The van der Waals surface area contributed by atoms with Gasteiger partial charge in [0.2, 0.25) is 0 Å². The van der Waals surface area contributed by atoms with Crippen molar-refractivity contribution in [3.05, 3.63) is 69.8 Å². The summed E-state index contributed by atoms with van der Waals surface area (Å²) in [5, 5.41) is 15.0. The topological polar surface area (TPSA) is 84.7 Å². The molecule has 7 heteroatoms. The second kappa shape index (κ2) is 6.66. The van der Waals surface area contributed by atoms with E-state index in [0.29, 0.717) is 23.5 Å². The molecule has 2 aromatic carbocycles. The molecule has 1 N–H and O–H groups in total. The van der Waals surface area contributed by atoms with E-state index in [1.807, 2.05) is 0 Å². The lowest BCUT2D eigenvalue weighted by atomic mass is 9.79. The normalized spacial score (nSPS) is 25.9. The zero-order valence-corrected chi connectivity index (χ0v) is 15.3. The largest absolute Gasteiger partial charge is 0.481 e. The van der Waals surface area contributed by atoms with E-state index in [1.165, 1.54) is 0 Å². The highest BCUT2D eigenvalue weighted by atomic mass is 16.6. The van der Waals surface area contributed by atoms with Crippen molar-refractivity contribution >= 4 is 11.6 Å². The maximum absolute atomic E-state index is 13.0. The van der Waals surface area contributed by atoms with Gasteiger partial charge in [0, 0.05) is 22.7 Å². The minimum atomic E-state index is -1.33. The number of fused-ring (bicyclic) bond motifs is 2. The molecule has 0 radical (unpaired) electrons. The van der Waals surface area contributed by atoms with E-state index in [4.69, 9.17) is 11.2 Å². The molecule has 0 aromatic heterocycles. The SMILES string of the molecule is C#CCOc1ccc([C@@H]2CN(C)[C@@]3(C(=O)Nc4ccccc43)[C@H]2[N+](=O)[O-])cc1. The van der Waals surface area contributed by atoms with Crippen LogP contribution in [0.4, 0.5) is 5.69 Å². The van der Waals surface area contributed by atoms with Crippen molar-refractivity contribution < 1.29 is 14.5 Å². The first-order chi connectivity index (χ1) is 13.5. The van der Waals surface area contributed by atoms with E-state index in [-0.39, 0.29) is 17.4 Å². The fraction of sp³-hybridized carbons (Fsp3) is 0.286. The number of amides is 1. The molecule has 0 saturated carbocycles. The molecule has 1 spiro atoms. The molecule has 0 aliphatic carbocycles. The number of para-hydroxylation sites is 1. The average Bonchev–Trinajstić information content (AvgIpc) is 3.16. The zero-order chi connectivity index (χ0) is 19.9. The molecule has 3 atom stereocenters. The van der Waals surface area contributed by atoms with Crippen LogP contribution in [-0.2, 0) is 10.3 Å². The Balaban J connectivity index is 1.77. The predicted molar refractivity (Wildman–Crippen MR) is 104 cm³/mol. The summed E-state index contributed by atoms with van der Waals surface area (Å²) in [5.74, 6) is 2.20. The van der Waals surface area contributed by atoms with Gasteiger partial charge in [0.05, 0.1) is 5.92 Å². The lowest BCUT2D eigenvalue weighted by molar-refractivity contribution is -0.534. The number of rotatable bonds is 4. The van der Waals surface area contributed by atoms with E-state index in [1.54, 1.807) is 60.5 Å². The van der Waals surface area contributed by atoms with Gasteiger partial charge in [-0.3, -0.25) is 19.8 Å². The minimum absolute atomic E-state index is 0.156. The Morgan fingerprint density at radius 2 is 2.04 bits per heavy atom. The van der Waals surface area contributed by atoms with Gasteiger partial charge in [-0.15, -0.1) is 6.42 Å². The fourth-order valence-electron chi connectivity index (χ4n) is 4.52. The maximum Gasteiger partial charge on any atom is 0.256 e. The molecule has 0 bridgehead atoms. The minimum Gasteiger partial charge on any atom is -0.481 e. The second-order valence-corrected chi connectivity index (χ2v) is 7.05. The Morgan fingerprint density at radius 3 is 2.71 bits per heavy atom. The Kier molecular flexibility index (Phi) is 4.28. The highest BCUT2D eigenvalue weighted by molar-refractivity contribution is 6.06. The van der Waals surface area contributed by atoms with E-state index in [9.17, 15) is 14.9 Å². The van der Waals surface area contributed by atoms with Crippen LogP contribution in [0.1, 0.15) is 17.0 Å². The van der Waals surface area contributed by atoms with Gasteiger partial charge in [-0.05, 0) is 30.8 Å². The highest BCUT2D eigenvalue weighted by Crippen LogP contribution is 2.51. The number of terminal acetylenes is 1. The van der Waals surface area contributed by atoms with Crippen molar-refractivity contribution in [2.45, 2.75) is 17.5 Å². The van der Waals surface area contributed by atoms with Crippen LogP contribution in [-0.4, -0.2) is 42.0 Å². The van der Waals surface area contributed by atoms with Gasteiger partial charge in [-0.2, -0.15) is 0 Å². The molecule has 4 rings (SSSR count). The third-order valence-electron chi connectivity index (χ3n) is 5.67. The first kappa shape index (κ1) is 18.0. The summed E-state index contributed by atoms with van der Waals surface area (Å²) in [6.07, 6.45) is 5.20. The number of nitro groups is 1. The second-order valence-electron chi connectivity index (χ2n) is 7.05. The van der Waals surface area contributed by atoms with Gasteiger partial charge in [-0.1, -0.05) is 36.3 Å². The molecule has 2 aliphatic heterocycles. The molecule has 1 fully saturated rings. The van der Waals surface area contributed by atoms with Crippen LogP contribution in [0.2, 0.25) is 0 Å². The number of hydrogen-bond acceptors (Lipinski definition) is 5. The average molecular weight is 377 g/mol. The number of carbonyl (C=O) groups is 1. The Hall–Kier alpha value is -3.37. The number of benzene rings is 2.